The fraction of sp³-hybridized carbons (Fsp3) is 0.190. The Labute approximate surface area is 162 Å². The van der Waals surface area contributed by atoms with E-state index in [1.807, 2.05) is 28.9 Å². The van der Waals surface area contributed by atoms with Crippen LogP contribution in [0.4, 0.5) is 0 Å². The fourth-order valence-electron chi connectivity index (χ4n) is 3.42. The average molecular weight is 373 g/mol. The van der Waals surface area contributed by atoms with Gasteiger partial charge in [0.05, 0.1) is 26.9 Å². The van der Waals surface area contributed by atoms with Crippen LogP contribution in [0.1, 0.15) is 16.7 Å². The summed E-state index contributed by atoms with van der Waals surface area (Å²) in [5, 5.41) is 11.7. The normalized spacial score (nSPS) is 12.9. The van der Waals surface area contributed by atoms with Gasteiger partial charge in [-0.3, -0.25) is 5.10 Å². The van der Waals surface area contributed by atoms with E-state index in [2.05, 4.69) is 34.5 Å². The molecule has 28 heavy (non-hydrogen) atoms. The number of fused-ring (bicyclic) bond motifs is 1. The predicted molar refractivity (Wildman–Crippen MR) is 104 cm³/mol. The van der Waals surface area contributed by atoms with Gasteiger partial charge in [-0.15, -0.1) is 5.10 Å². The first kappa shape index (κ1) is 16.7. The van der Waals surface area contributed by atoms with Crippen molar-refractivity contribution in [2.45, 2.75) is 19.8 Å². The molecule has 1 N–H and O–H groups in total. The molecule has 0 unspecified atom stereocenters. The maximum absolute atomic E-state index is 5.55. The summed E-state index contributed by atoms with van der Waals surface area (Å²) >= 11 is 0. The number of hydrogen-bond acceptors (Lipinski definition) is 5. The highest BCUT2D eigenvalue weighted by atomic mass is 16.5. The topological polar surface area (TPSA) is 77.9 Å². The lowest BCUT2D eigenvalue weighted by molar-refractivity contribution is 0.134. The Morgan fingerprint density at radius 2 is 2.04 bits per heavy atom. The molecule has 0 bridgehead atoms. The lowest BCUT2D eigenvalue weighted by atomic mass is 10.1. The zero-order valence-corrected chi connectivity index (χ0v) is 15.4. The van der Waals surface area contributed by atoms with Crippen LogP contribution >= 0.6 is 0 Å². The van der Waals surface area contributed by atoms with E-state index in [1.54, 1.807) is 13.3 Å². The van der Waals surface area contributed by atoms with Gasteiger partial charge >= 0.3 is 0 Å². The summed E-state index contributed by atoms with van der Waals surface area (Å²) in [6.45, 7) is 1.90. The standard InChI is InChI=1S/C21H19N5O2/c1-27-18-4-2-3-14(9-18)11-26-21(23-20(25-26)19-7-8-22-24-19)15-5-6-16-12-28-13-17(16)10-15/h2-10H,11-13H2,1H3,(H,22,24). The molecule has 0 spiro atoms. The van der Waals surface area contributed by atoms with Crippen LogP contribution in [0.15, 0.2) is 54.7 Å². The summed E-state index contributed by atoms with van der Waals surface area (Å²) < 4.78 is 12.8. The summed E-state index contributed by atoms with van der Waals surface area (Å²) in [5.41, 5.74) is 5.33. The molecule has 0 fully saturated rings. The molecule has 5 rings (SSSR count). The zero-order valence-electron chi connectivity index (χ0n) is 15.4. The lowest BCUT2D eigenvalue weighted by Gasteiger charge is -2.08. The first-order chi connectivity index (χ1) is 13.8. The Morgan fingerprint density at radius 3 is 2.89 bits per heavy atom. The maximum atomic E-state index is 5.55. The van der Waals surface area contributed by atoms with Gasteiger partial charge in [0.1, 0.15) is 11.4 Å². The molecule has 7 nitrogen and oxygen atoms in total. The molecular weight excluding hydrogens is 354 g/mol. The van der Waals surface area contributed by atoms with Crippen LogP contribution in [0.2, 0.25) is 0 Å². The SMILES string of the molecule is COc1cccc(Cn2nc(-c3ccn[nH]3)nc2-c2ccc3c(c2)COC3)c1. The quantitative estimate of drug-likeness (QED) is 0.580. The van der Waals surface area contributed by atoms with Crippen molar-refractivity contribution in [2.24, 2.45) is 0 Å². The predicted octanol–water partition coefficient (Wildman–Crippen LogP) is 3.42. The first-order valence-electron chi connectivity index (χ1n) is 9.07. The first-order valence-corrected chi connectivity index (χ1v) is 9.07. The highest BCUT2D eigenvalue weighted by Gasteiger charge is 2.18. The van der Waals surface area contributed by atoms with Crippen molar-refractivity contribution in [3.63, 3.8) is 0 Å². The van der Waals surface area contributed by atoms with Gasteiger partial charge in [0.25, 0.3) is 0 Å². The minimum atomic E-state index is 0.585. The summed E-state index contributed by atoms with van der Waals surface area (Å²) in [7, 11) is 1.67. The molecule has 0 aliphatic carbocycles. The van der Waals surface area contributed by atoms with E-state index in [0.29, 0.717) is 25.6 Å². The summed E-state index contributed by atoms with van der Waals surface area (Å²) in [4.78, 5) is 4.80. The van der Waals surface area contributed by atoms with E-state index in [4.69, 9.17) is 19.6 Å². The van der Waals surface area contributed by atoms with Gasteiger partial charge in [-0.25, -0.2) is 9.67 Å². The Morgan fingerprint density at radius 1 is 1.11 bits per heavy atom. The molecule has 0 radical (unpaired) electrons. The van der Waals surface area contributed by atoms with Gasteiger partial charge in [-0.2, -0.15) is 5.10 Å². The average Bonchev–Trinajstić information content (AvgIpc) is 3.47. The number of aromatic amines is 1. The summed E-state index contributed by atoms with van der Waals surface area (Å²) in [6, 6.07) is 16.2. The highest BCUT2D eigenvalue weighted by molar-refractivity contribution is 5.61. The van der Waals surface area contributed by atoms with Crippen LogP contribution in [0.25, 0.3) is 22.9 Å². The van der Waals surface area contributed by atoms with Gasteiger partial charge in [-0.05, 0) is 41.0 Å². The van der Waals surface area contributed by atoms with E-state index in [0.717, 1.165) is 28.4 Å². The van der Waals surface area contributed by atoms with Crippen LogP contribution in [0, 0.1) is 0 Å². The van der Waals surface area contributed by atoms with Crippen LogP contribution in [-0.2, 0) is 24.5 Å². The van der Waals surface area contributed by atoms with E-state index >= 15 is 0 Å². The number of nitrogens with one attached hydrogen (secondary N) is 1. The molecule has 140 valence electrons. The number of aromatic nitrogens is 5. The third-order valence-electron chi connectivity index (χ3n) is 4.86. The monoisotopic (exact) mass is 373 g/mol. The zero-order chi connectivity index (χ0) is 18.9. The van der Waals surface area contributed by atoms with Crippen LogP contribution in [-0.4, -0.2) is 32.1 Å². The molecule has 0 saturated heterocycles. The van der Waals surface area contributed by atoms with Gasteiger partial charge in [0, 0.05) is 11.8 Å². The van der Waals surface area contributed by atoms with Gasteiger partial charge in [-0.1, -0.05) is 24.3 Å². The van der Waals surface area contributed by atoms with E-state index in [1.165, 1.54) is 11.1 Å². The summed E-state index contributed by atoms with van der Waals surface area (Å²) in [5.74, 6) is 2.25. The van der Waals surface area contributed by atoms with Crippen molar-refractivity contribution in [1.29, 1.82) is 0 Å². The number of hydrogen-bond donors (Lipinski definition) is 1. The van der Waals surface area contributed by atoms with Crippen molar-refractivity contribution in [1.82, 2.24) is 25.0 Å². The Balaban J connectivity index is 1.58. The number of rotatable bonds is 5. The van der Waals surface area contributed by atoms with Gasteiger partial charge in [0.2, 0.25) is 0 Å². The van der Waals surface area contributed by atoms with Crippen LogP contribution < -0.4 is 4.74 Å². The Hall–Kier alpha value is -3.45. The summed E-state index contributed by atoms with van der Waals surface area (Å²) in [6.07, 6.45) is 1.70. The molecule has 1 aliphatic heterocycles. The number of benzene rings is 2. The van der Waals surface area contributed by atoms with Gasteiger partial charge < -0.3 is 9.47 Å². The van der Waals surface area contributed by atoms with Crippen molar-refractivity contribution in [2.75, 3.05) is 7.11 Å². The Kier molecular flexibility index (Phi) is 4.14. The second-order valence-electron chi connectivity index (χ2n) is 6.71. The number of ether oxygens (including phenoxy) is 2. The maximum Gasteiger partial charge on any atom is 0.199 e. The smallest absolute Gasteiger partial charge is 0.199 e. The molecule has 4 aromatic rings. The van der Waals surface area contributed by atoms with Crippen molar-refractivity contribution < 1.29 is 9.47 Å². The lowest BCUT2D eigenvalue weighted by Crippen LogP contribution is -2.05. The molecule has 0 saturated carbocycles. The van der Waals surface area contributed by atoms with Crippen LogP contribution in [0.3, 0.4) is 0 Å². The number of H-pyrrole nitrogens is 1. The second-order valence-corrected chi connectivity index (χ2v) is 6.71. The highest BCUT2D eigenvalue weighted by Crippen LogP contribution is 2.28. The number of nitrogens with zero attached hydrogens (tertiary/aromatic N) is 4. The Bertz CT molecular complexity index is 1120. The minimum Gasteiger partial charge on any atom is -0.497 e. The van der Waals surface area contributed by atoms with E-state index < -0.39 is 0 Å². The molecule has 1 aliphatic rings. The van der Waals surface area contributed by atoms with Crippen molar-refractivity contribution in [3.05, 3.63) is 71.4 Å². The van der Waals surface area contributed by atoms with E-state index in [-0.39, 0.29) is 0 Å². The largest absolute Gasteiger partial charge is 0.497 e. The fourth-order valence-corrected chi connectivity index (χ4v) is 3.42. The molecule has 3 heterocycles. The van der Waals surface area contributed by atoms with Crippen LogP contribution in [0.5, 0.6) is 5.75 Å². The third-order valence-corrected chi connectivity index (χ3v) is 4.86. The van der Waals surface area contributed by atoms with E-state index in [9.17, 15) is 0 Å². The minimum absolute atomic E-state index is 0.585. The second kappa shape index (κ2) is 6.94. The third kappa shape index (κ3) is 3.05. The van der Waals surface area contributed by atoms with Gasteiger partial charge in [0.15, 0.2) is 11.6 Å². The molecule has 7 heteroatoms. The van der Waals surface area contributed by atoms with Crippen molar-refractivity contribution >= 4 is 0 Å². The molecular formula is C21H19N5O2. The molecule has 0 amide bonds. The molecule has 2 aromatic heterocycles. The van der Waals surface area contributed by atoms with Crippen molar-refractivity contribution in [3.8, 4) is 28.7 Å². The molecule has 0 atom stereocenters. The number of methoxy groups -OCH3 is 1. The molecule has 2 aromatic carbocycles.